The van der Waals surface area contributed by atoms with E-state index in [1.165, 1.54) is 0 Å². The van der Waals surface area contributed by atoms with Gasteiger partial charge in [0.1, 0.15) is 0 Å². The minimum atomic E-state index is -1.11. The van der Waals surface area contributed by atoms with E-state index in [2.05, 4.69) is 236 Å². The van der Waals surface area contributed by atoms with Gasteiger partial charge < -0.3 is 128 Å². The summed E-state index contributed by atoms with van der Waals surface area (Å²) in [6.45, 7) is 109. The van der Waals surface area contributed by atoms with Crippen molar-refractivity contribution in [3.8, 4) is 12.2 Å². The van der Waals surface area contributed by atoms with Crippen LogP contribution in [0, 0.1) is 12.2 Å². The van der Waals surface area contributed by atoms with E-state index in [1.54, 1.807) is 0 Å². The van der Waals surface area contributed by atoms with Gasteiger partial charge in [0.15, 0.2) is 0 Å². The van der Waals surface area contributed by atoms with Crippen molar-refractivity contribution in [3.63, 3.8) is 0 Å². The first-order chi connectivity index (χ1) is 53.6. The van der Waals surface area contributed by atoms with Gasteiger partial charge in [-0.2, -0.15) is 12.2 Å². The number of ether oxygens (including phenoxy) is 19. The van der Waals surface area contributed by atoms with Crippen LogP contribution < -0.4 is 113 Å². The fourth-order valence-corrected chi connectivity index (χ4v) is 58.5. The van der Waals surface area contributed by atoms with Crippen LogP contribution in [0.4, 0.5) is 0 Å². The second-order valence-corrected chi connectivity index (χ2v) is 96.2. The van der Waals surface area contributed by atoms with Gasteiger partial charge in [-0.05, 0) is 13.8 Å². The molecule has 0 aromatic rings. The number of rotatable bonds is 14. The Morgan fingerprint density at radius 1 is 0.174 bits per heavy atom. The Hall–Kier alpha value is 6.24. The summed E-state index contributed by atoms with van der Waals surface area (Å²) < 4.78 is 130. The van der Waals surface area contributed by atoms with Gasteiger partial charge in [0.05, 0.1) is 238 Å². The Morgan fingerprint density at radius 2 is 0.231 bits per heavy atom. The van der Waals surface area contributed by atoms with Crippen molar-refractivity contribution < 1.29 is 268 Å². The first-order valence-electron chi connectivity index (χ1n) is 42.7. The summed E-state index contributed by atoms with van der Waals surface area (Å²) in [5.74, 6) is 0. The van der Waals surface area contributed by atoms with Gasteiger partial charge in [0.2, 0.25) is 0 Å². The summed E-state index contributed by atoms with van der Waals surface area (Å²) in [4.78, 5) is 0. The molecule has 0 amide bonds. The number of hydrogen-bond donors (Lipinski definition) is 0. The first kappa shape index (κ1) is 153. The molecule has 121 heavy (non-hydrogen) atoms. The van der Waals surface area contributed by atoms with Crippen LogP contribution in [0.2, 0.25) is 236 Å². The van der Waals surface area contributed by atoms with Crippen molar-refractivity contribution in [2.75, 3.05) is 251 Å². The van der Waals surface area contributed by atoms with Gasteiger partial charge in [0.25, 0.3) is 0 Å². The minimum Gasteiger partial charge on any atom is -0.833 e. The second-order valence-electron chi connectivity index (χ2n) is 38.7. The quantitative estimate of drug-likeness (QED) is 0.115. The van der Waals surface area contributed by atoms with E-state index in [0.717, 1.165) is 25.4 Å². The summed E-state index contributed by atoms with van der Waals surface area (Å²) in [5, 5.41) is 17.2. The molecule has 3 fully saturated rings. The molecule has 27 nitrogen and oxygen atoms in total. The van der Waals surface area contributed by atoms with Gasteiger partial charge >= 0.3 is 168 Å². The topological polar surface area (TPSA) is 306 Å². The zero-order valence-electron chi connectivity index (χ0n) is 86.3. The van der Waals surface area contributed by atoms with Gasteiger partial charge in [-0.1, -0.05) is 335 Å². The third-order valence-electron chi connectivity index (χ3n) is 11.2. The minimum absolute atomic E-state index is 0. The van der Waals surface area contributed by atoms with Crippen molar-refractivity contribution >= 4 is 98.8 Å². The largest absolute Gasteiger partial charge is 3.00 e. The summed E-state index contributed by atoms with van der Waals surface area (Å²) >= 11 is 0. The maximum atomic E-state index is 8.62. The van der Waals surface area contributed by atoms with Crippen molar-refractivity contribution in [1.29, 1.82) is 0 Å². The van der Waals surface area contributed by atoms with Crippen molar-refractivity contribution in [2.24, 2.45) is 0 Å². The molecule has 0 aromatic carbocycles. The molecule has 0 bridgehead atoms. The van der Waals surface area contributed by atoms with E-state index >= 15 is 0 Å². The Bertz CT molecular complexity index is 1540. The SMILES string of the molecule is C1COCCOCCOCCOCCOCCO1.C1COCCOCCOCCOCCOCCO1.C1COCCOCCOCCOCCOCCO1.CCOCC.C[Si](C)(C)[N-][Si](C)(C)C.C[Si](C)(C)[N-][Si](C)(C)C.C[Si](C)(C)[N-][Si](C)(C)C.C[Si](C)(C)[N-][Si](C)(C)C.C[Si](C)(C)[N-][Si](C)(C)C.C[Si](C)(C)[N-][Si](C)(C)C.[K+].[K+].[O-]C#C[O-].[Y+3].[Y+3]. The van der Waals surface area contributed by atoms with Crippen LogP contribution in [0.15, 0.2) is 0 Å². The van der Waals surface area contributed by atoms with Gasteiger partial charge in [-0.15, -0.1) is 0 Å². The fourth-order valence-electron chi connectivity index (χ4n) is 10.2. The van der Waals surface area contributed by atoms with Crippen LogP contribution in [0.1, 0.15) is 13.8 Å². The van der Waals surface area contributed by atoms with Gasteiger partial charge in [-0.3, -0.25) is 0 Å². The average molecular weight is 2140 g/mol. The molecule has 0 saturated carbocycles. The predicted octanol–water partition coefficient (Wildman–Crippen LogP) is 11.1. The van der Waals surface area contributed by atoms with Gasteiger partial charge in [0, 0.05) is 13.2 Å². The van der Waals surface area contributed by atoms with E-state index in [-0.39, 0.29) is 168 Å². The van der Waals surface area contributed by atoms with Crippen LogP contribution in [-0.4, -0.2) is 350 Å². The Labute approximate surface area is 895 Å². The molecule has 3 saturated heterocycles. The summed E-state index contributed by atoms with van der Waals surface area (Å²) in [6.07, 6.45) is 1.75. The fraction of sp³-hybridized carbons (Fsp3) is 0.974. The molecule has 3 heterocycles. The Balaban J connectivity index is -0.000000110. The predicted molar refractivity (Wildman–Crippen MR) is 525 cm³/mol. The van der Waals surface area contributed by atoms with Crippen molar-refractivity contribution in [3.05, 3.63) is 27.9 Å². The molecule has 0 spiro atoms. The molecule has 0 radical (unpaired) electrons. The van der Waals surface area contributed by atoms with Crippen LogP contribution in [0.3, 0.4) is 0 Å². The molecule has 0 aromatic heterocycles. The molecule has 3 rings (SSSR count). The molecular weight excluding hydrogens is 1950 g/mol. The third-order valence-corrected chi connectivity index (χ3v) is 43.4. The molecule has 43 heteroatoms. The number of nitrogens with zero attached hydrogens (tertiary/aromatic N) is 6. The zero-order chi connectivity index (χ0) is 92.0. The summed E-state index contributed by atoms with van der Waals surface area (Å²) in [5.41, 5.74) is 0. The van der Waals surface area contributed by atoms with Crippen molar-refractivity contribution in [2.45, 2.75) is 250 Å². The molecular formula is C78H190K2N6O21Si12Y2. The molecule has 3 aliphatic rings. The molecule has 0 unspecified atom stereocenters. The average Bonchev–Trinajstić information content (AvgIpc) is 0.948. The monoisotopic (exact) mass is 2140 g/mol. The van der Waals surface area contributed by atoms with Crippen LogP contribution in [0.5, 0.6) is 0 Å². The zero-order valence-corrected chi connectivity index (χ0v) is 110. The van der Waals surface area contributed by atoms with Crippen LogP contribution in [-0.2, 0) is 155 Å². The molecule has 0 aliphatic carbocycles. The van der Waals surface area contributed by atoms with E-state index in [9.17, 15) is 0 Å². The summed E-state index contributed by atoms with van der Waals surface area (Å²) in [7, 11) is -13.3. The van der Waals surface area contributed by atoms with Crippen LogP contribution >= 0.6 is 0 Å². The van der Waals surface area contributed by atoms with Crippen LogP contribution in [0.25, 0.3) is 27.9 Å². The molecule has 3 aliphatic heterocycles. The number of hydrogen-bond acceptors (Lipinski definition) is 21. The van der Waals surface area contributed by atoms with Crippen molar-refractivity contribution in [1.82, 2.24) is 0 Å². The molecule has 714 valence electrons. The first-order valence-corrected chi connectivity index (χ1v) is 84.1. The van der Waals surface area contributed by atoms with E-state index in [1.807, 2.05) is 13.8 Å². The summed E-state index contributed by atoms with van der Waals surface area (Å²) in [6, 6.07) is 0. The maximum Gasteiger partial charge on any atom is 3.00 e. The maximum absolute atomic E-state index is 8.62. The molecule has 0 atom stereocenters. The standard InChI is InChI=1S/3C12H24O6.6C6H18NSi2.C4H10O.C2H2O2.2K.2Y/c3*1-2-14-5-6-16-9-10-18-12-11-17-8-7-15-4-3-13-1;6*1-8(2,3)7-9(4,5)6;1-3-5-4-2;3-1-2-4;;;;/h3*1-12H2;6*1-6H3;3-4H2,1-2H3;3-4H;;;;/q;;;6*-1;;;2*+1;2*+3/p-2. The van der Waals surface area contributed by atoms with Gasteiger partial charge in [-0.25, -0.2) is 0 Å². The third kappa shape index (κ3) is 198. The molecule has 0 N–H and O–H groups in total. The Kier molecular flexibility index (Phi) is 122. The smallest absolute Gasteiger partial charge is 0.833 e. The normalized spacial score (nSPS) is 17.4. The second kappa shape index (κ2) is 96.5. The Morgan fingerprint density at radius 3 is 0.248 bits per heavy atom. The van der Waals surface area contributed by atoms with E-state index in [0.29, 0.717) is 238 Å². The van der Waals surface area contributed by atoms with E-state index in [4.69, 9.17) is 128 Å². The van der Waals surface area contributed by atoms with E-state index < -0.39 is 98.8 Å².